The van der Waals surface area contributed by atoms with Gasteiger partial charge < -0.3 is 19.9 Å². The van der Waals surface area contributed by atoms with Crippen LogP contribution in [0.5, 0.6) is 0 Å². The Morgan fingerprint density at radius 2 is 2.12 bits per heavy atom. The van der Waals surface area contributed by atoms with E-state index in [1.165, 1.54) is 6.07 Å². The number of carboxylic acid groups (broad SMARTS) is 1. The van der Waals surface area contributed by atoms with Crippen molar-refractivity contribution in [3.8, 4) is 0 Å². The number of aliphatic hydroxyl groups is 1. The molecule has 1 aromatic heterocycles. The van der Waals surface area contributed by atoms with Crippen LogP contribution in [0.1, 0.15) is 10.4 Å². The predicted molar refractivity (Wildman–Crippen MR) is 51.0 cm³/mol. The molecule has 86 valence electrons. The Balaban J connectivity index is 2.75. The smallest absolute Gasteiger partial charge is 0.335 e. The van der Waals surface area contributed by atoms with Crippen LogP contribution >= 0.6 is 0 Å². The minimum Gasteiger partial charge on any atom is -0.480 e. The first-order valence-corrected chi connectivity index (χ1v) is 4.28. The summed E-state index contributed by atoms with van der Waals surface area (Å²) in [7, 11) is 0. The summed E-state index contributed by atoms with van der Waals surface area (Å²) < 4.78 is 4.43. The van der Waals surface area contributed by atoms with Crippen molar-refractivity contribution in [2.24, 2.45) is 0 Å². The number of carboxylic acids is 1. The number of aliphatic hydroxyl groups excluding tert-OH is 1. The van der Waals surface area contributed by atoms with Crippen LogP contribution in [0, 0.1) is 0 Å². The molecule has 0 bridgehead atoms. The summed E-state index contributed by atoms with van der Waals surface area (Å²) in [4.78, 5) is 32.5. The Bertz CT molecular complexity index is 431. The van der Waals surface area contributed by atoms with Gasteiger partial charge >= 0.3 is 11.6 Å². The highest BCUT2D eigenvalue weighted by atomic mass is 16.4. The van der Waals surface area contributed by atoms with E-state index in [1.54, 1.807) is 0 Å². The maximum absolute atomic E-state index is 11.4. The molecule has 0 aliphatic rings. The Labute approximate surface area is 89.3 Å². The SMILES string of the molecule is O=C(NC(CO)C(=O)O)c1ccc(=O)oc1. The fourth-order valence-corrected chi connectivity index (χ4v) is 0.914. The van der Waals surface area contributed by atoms with E-state index >= 15 is 0 Å². The number of carbonyl (C=O) groups is 2. The Morgan fingerprint density at radius 1 is 1.44 bits per heavy atom. The highest BCUT2D eigenvalue weighted by Crippen LogP contribution is 1.96. The average molecular weight is 227 g/mol. The Kier molecular flexibility index (Phi) is 3.78. The van der Waals surface area contributed by atoms with E-state index in [-0.39, 0.29) is 5.56 Å². The van der Waals surface area contributed by atoms with E-state index in [4.69, 9.17) is 10.2 Å². The number of hydrogen-bond donors (Lipinski definition) is 3. The molecule has 1 atom stereocenters. The molecule has 0 spiro atoms. The van der Waals surface area contributed by atoms with Crippen LogP contribution in [0.15, 0.2) is 27.6 Å². The Hall–Kier alpha value is -2.15. The van der Waals surface area contributed by atoms with Crippen molar-refractivity contribution in [1.29, 1.82) is 0 Å². The lowest BCUT2D eigenvalue weighted by Crippen LogP contribution is -2.43. The van der Waals surface area contributed by atoms with Crippen LogP contribution < -0.4 is 10.9 Å². The van der Waals surface area contributed by atoms with Gasteiger partial charge in [0.25, 0.3) is 5.91 Å². The highest BCUT2D eigenvalue weighted by molar-refractivity contribution is 5.96. The molecule has 0 fully saturated rings. The van der Waals surface area contributed by atoms with Crippen LogP contribution in [0.2, 0.25) is 0 Å². The molecule has 0 aliphatic heterocycles. The molecule has 3 N–H and O–H groups in total. The van der Waals surface area contributed by atoms with Crippen LogP contribution in [0.4, 0.5) is 0 Å². The molecule has 0 saturated carbocycles. The van der Waals surface area contributed by atoms with Crippen LogP contribution in [-0.4, -0.2) is 34.7 Å². The van der Waals surface area contributed by atoms with E-state index in [0.717, 1.165) is 12.3 Å². The zero-order valence-corrected chi connectivity index (χ0v) is 8.04. The van der Waals surface area contributed by atoms with Gasteiger partial charge in [0.1, 0.15) is 6.26 Å². The van der Waals surface area contributed by atoms with Crippen molar-refractivity contribution < 1.29 is 24.2 Å². The number of aliphatic carboxylic acids is 1. The summed E-state index contributed by atoms with van der Waals surface area (Å²) in [5, 5.41) is 19.3. The monoisotopic (exact) mass is 227 g/mol. The average Bonchev–Trinajstić information content (AvgIpc) is 2.26. The lowest BCUT2D eigenvalue weighted by atomic mass is 10.2. The fourth-order valence-electron chi connectivity index (χ4n) is 0.914. The second kappa shape index (κ2) is 5.08. The van der Waals surface area contributed by atoms with Gasteiger partial charge in [0.05, 0.1) is 12.2 Å². The summed E-state index contributed by atoms with van der Waals surface area (Å²) in [6.45, 7) is -0.724. The van der Waals surface area contributed by atoms with Gasteiger partial charge in [0, 0.05) is 6.07 Å². The van der Waals surface area contributed by atoms with Crippen LogP contribution in [0.3, 0.4) is 0 Å². The van der Waals surface area contributed by atoms with Crippen molar-refractivity contribution in [3.05, 3.63) is 34.4 Å². The third-order valence-corrected chi connectivity index (χ3v) is 1.75. The molecule has 0 radical (unpaired) electrons. The number of hydrogen-bond acceptors (Lipinski definition) is 5. The maximum atomic E-state index is 11.4. The van der Waals surface area contributed by atoms with Crippen LogP contribution in [-0.2, 0) is 4.79 Å². The number of rotatable bonds is 4. The van der Waals surface area contributed by atoms with Gasteiger partial charge in [0.2, 0.25) is 0 Å². The second-order valence-electron chi connectivity index (χ2n) is 2.89. The van der Waals surface area contributed by atoms with Gasteiger partial charge in [-0.25, -0.2) is 9.59 Å². The molecule has 1 aromatic rings. The van der Waals surface area contributed by atoms with E-state index in [2.05, 4.69) is 9.73 Å². The van der Waals surface area contributed by atoms with Gasteiger partial charge in [-0.1, -0.05) is 0 Å². The predicted octanol–water partition coefficient (Wildman–Crippen LogP) is -1.18. The zero-order valence-electron chi connectivity index (χ0n) is 8.04. The van der Waals surface area contributed by atoms with Crippen molar-refractivity contribution in [3.63, 3.8) is 0 Å². The molecule has 7 nitrogen and oxygen atoms in total. The quantitative estimate of drug-likeness (QED) is 0.595. The molecular formula is C9H9NO6. The molecule has 16 heavy (non-hydrogen) atoms. The molecule has 7 heteroatoms. The van der Waals surface area contributed by atoms with Gasteiger partial charge in [-0.05, 0) is 6.07 Å². The van der Waals surface area contributed by atoms with Crippen molar-refractivity contribution in [2.45, 2.75) is 6.04 Å². The van der Waals surface area contributed by atoms with Gasteiger partial charge in [-0.3, -0.25) is 4.79 Å². The zero-order chi connectivity index (χ0) is 12.1. The first kappa shape index (κ1) is 11.9. The van der Waals surface area contributed by atoms with E-state index < -0.39 is 30.2 Å². The minimum absolute atomic E-state index is 0.000648. The summed E-state index contributed by atoms with van der Waals surface area (Å²) >= 11 is 0. The molecule has 0 saturated heterocycles. The number of nitrogens with one attached hydrogen (secondary N) is 1. The fraction of sp³-hybridized carbons (Fsp3) is 0.222. The van der Waals surface area contributed by atoms with Crippen molar-refractivity contribution in [1.82, 2.24) is 5.32 Å². The highest BCUT2D eigenvalue weighted by Gasteiger charge is 2.19. The van der Waals surface area contributed by atoms with Gasteiger partial charge in [-0.15, -0.1) is 0 Å². The third-order valence-electron chi connectivity index (χ3n) is 1.75. The maximum Gasteiger partial charge on any atom is 0.335 e. The molecule has 1 heterocycles. The second-order valence-corrected chi connectivity index (χ2v) is 2.89. The van der Waals surface area contributed by atoms with E-state index in [9.17, 15) is 14.4 Å². The topological polar surface area (TPSA) is 117 Å². The lowest BCUT2D eigenvalue weighted by Gasteiger charge is -2.10. The normalized spacial score (nSPS) is 11.8. The summed E-state index contributed by atoms with van der Waals surface area (Å²) in [5.74, 6) is -2.10. The lowest BCUT2D eigenvalue weighted by molar-refractivity contribution is -0.140. The first-order valence-electron chi connectivity index (χ1n) is 4.28. The third kappa shape index (κ3) is 2.92. The summed E-state index contributed by atoms with van der Waals surface area (Å²) in [6.07, 6.45) is 0.911. The van der Waals surface area contributed by atoms with Gasteiger partial charge in [-0.2, -0.15) is 0 Å². The Morgan fingerprint density at radius 3 is 2.56 bits per heavy atom. The summed E-state index contributed by atoms with van der Waals surface area (Å²) in [6, 6.07) is 0.834. The molecule has 1 unspecified atom stereocenters. The van der Waals surface area contributed by atoms with Crippen molar-refractivity contribution >= 4 is 11.9 Å². The summed E-state index contributed by atoms with van der Waals surface area (Å²) in [5.41, 5.74) is -0.618. The standard InChI is InChI=1S/C9H9NO6/c11-3-6(9(14)15)10-8(13)5-1-2-7(12)16-4-5/h1-2,4,6,11H,3H2,(H,10,13)(H,14,15). The molecular weight excluding hydrogens is 218 g/mol. The number of amides is 1. The van der Waals surface area contributed by atoms with Crippen LogP contribution in [0.25, 0.3) is 0 Å². The van der Waals surface area contributed by atoms with Crippen molar-refractivity contribution in [2.75, 3.05) is 6.61 Å². The molecule has 1 rings (SSSR count). The van der Waals surface area contributed by atoms with E-state index in [1.807, 2.05) is 0 Å². The van der Waals surface area contributed by atoms with E-state index in [0.29, 0.717) is 0 Å². The molecule has 0 aliphatic carbocycles. The first-order chi connectivity index (χ1) is 7.54. The minimum atomic E-state index is -1.39. The molecule has 1 amide bonds. The number of carbonyl (C=O) groups excluding carboxylic acids is 1. The molecule has 0 aromatic carbocycles. The van der Waals surface area contributed by atoms with Gasteiger partial charge in [0.15, 0.2) is 6.04 Å². The largest absolute Gasteiger partial charge is 0.480 e.